The Labute approximate surface area is 291 Å². The number of halogens is 2. The Bertz CT molecular complexity index is 1950. The number of carbonyl (C=O) groups is 5. The number of ether oxygens (including phenoxy) is 1. The monoisotopic (exact) mass is 701 g/mol. The minimum atomic E-state index is -1.58. The van der Waals surface area contributed by atoms with Crippen molar-refractivity contribution >= 4 is 46.9 Å². The molecule has 6 atom stereocenters. The zero-order chi connectivity index (χ0) is 35.5. The van der Waals surface area contributed by atoms with Crippen LogP contribution in [0.1, 0.15) is 42.7 Å². The first kappa shape index (κ1) is 33.3. The maximum Gasteiger partial charge on any atom is 0.303 e. The van der Waals surface area contributed by atoms with Crippen molar-refractivity contribution in [3.8, 4) is 11.5 Å². The second-order valence-corrected chi connectivity index (χ2v) is 13.6. The van der Waals surface area contributed by atoms with Crippen molar-refractivity contribution in [3.63, 3.8) is 0 Å². The van der Waals surface area contributed by atoms with Crippen molar-refractivity contribution < 1.29 is 43.3 Å². The summed E-state index contributed by atoms with van der Waals surface area (Å²) in [5.41, 5.74) is 3.34. The van der Waals surface area contributed by atoms with Gasteiger partial charge in [0, 0.05) is 23.9 Å². The highest BCUT2D eigenvalue weighted by molar-refractivity contribution is 6.30. The molecule has 0 aromatic heterocycles. The van der Waals surface area contributed by atoms with E-state index in [0.717, 1.165) is 9.91 Å². The lowest BCUT2D eigenvalue weighted by Crippen LogP contribution is -2.53. The van der Waals surface area contributed by atoms with E-state index in [-0.39, 0.29) is 49.6 Å². The van der Waals surface area contributed by atoms with Gasteiger partial charge in [-0.2, -0.15) is 5.01 Å². The number of rotatable bonds is 9. The Morgan fingerprint density at radius 1 is 1.00 bits per heavy atom. The standard InChI is InChI=1S/C37H33ClFN3O8/c1-50-29-17-19(4-15-28(29)43)32-24-13-14-25-31(35(48)41(33(25)46)16-2-3-30(44)45)26(24)18-27-34(47)42(40-23-11-9-22(39)10-12-23)36(49)37(27,32)20-5-7-21(38)8-6-20/h4-13,15,17,25-27,31-32,40,43H,2-3,14,16,18H2,1H3,(H,44,45)/t25-,26+,27-,31-,32-,37+/m0/s1. The van der Waals surface area contributed by atoms with Crippen LogP contribution in [0.2, 0.25) is 5.02 Å². The van der Waals surface area contributed by atoms with Crippen LogP contribution in [-0.4, -0.2) is 63.4 Å². The van der Waals surface area contributed by atoms with E-state index in [1.165, 1.54) is 37.4 Å². The molecule has 2 aliphatic heterocycles. The van der Waals surface area contributed by atoms with Gasteiger partial charge in [0.05, 0.1) is 36.0 Å². The molecule has 3 N–H and O–H groups in total. The number of benzene rings is 3. The average Bonchev–Trinajstić information content (AvgIpc) is 3.47. The number of amides is 4. The number of hydrazine groups is 1. The number of allylic oxidation sites excluding steroid dienone is 2. The van der Waals surface area contributed by atoms with E-state index in [2.05, 4.69) is 5.43 Å². The molecular formula is C37H33ClFN3O8. The molecule has 3 aromatic rings. The molecule has 0 bridgehead atoms. The Kier molecular flexibility index (Phi) is 8.37. The summed E-state index contributed by atoms with van der Waals surface area (Å²) in [4.78, 5) is 69.8. The number of imide groups is 2. The van der Waals surface area contributed by atoms with E-state index in [9.17, 15) is 28.7 Å². The topological polar surface area (TPSA) is 154 Å². The SMILES string of the molecule is COc1cc([C@H]2C3=CC[C@@H]4C(=O)N(CCCC(=O)O)C(=O)[C@@H]4[C@@H]3C[C@H]3C(=O)N(Nc4ccc(F)cc4)C(=O)[C@@]23c2ccc(Cl)cc2)ccc1O. The van der Waals surface area contributed by atoms with Gasteiger partial charge >= 0.3 is 5.97 Å². The number of carboxylic acid groups (broad SMARTS) is 1. The van der Waals surface area contributed by atoms with Crippen molar-refractivity contribution in [2.75, 3.05) is 19.1 Å². The molecule has 11 nitrogen and oxygen atoms in total. The number of hydrogen-bond acceptors (Lipinski definition) is 8. The predicted molar refractivity (Wildman–Crippen MR) is 177 cm³/mol. The fraction of sp³-hybridized carbons (Fsp3) is 0.324. The molecule has 258 valence electrons. The third-order valence-electron chi connectivity index (χ3n) is 10.7. The summed E-state index contributed by atoms with van der Waals surface area (Å²) in [6, 6.07) is 16.6. The van der Waals surface area contributed by atoms with Crippen LogP contribution >= 0.6 is 11.6 Å². The second-order valence-electron chi connectivity index (χ2n) is 13.1. The minimum absolute atomic E-state index is 0.0392. The summed E-state index contributed by atoms with van der Waals surface area (Å²) in [5.74, 6) is -7.59. The highest BCUT2D eigenvalue weighted by Crippen LogP contribution is 2.64. The number of hydrogen-bond donors (Lipinski definition) is 3. The van der Waals surface area contributed by atoms with Gasteiger partial charge in [-0.25, -0.2) is 4.39 Å². The number of phenolic OH excluding ortho intramolecular Hbond substituents is 1. The predicted octanol–water partition coefficient (Wildman–Crippen LogP) is 5.04. The van der Waals surface area contributed by atoms with Gasteiger partial charge in [0.1, 0.15) is 5.82 Å². The molecule has 13 heteroatoms. The fourth-order valence-electron chi connectivity index (χ4n) is 8.58. The smallest absolute Gasteiger partial charge is 0.303 e. The van der Waals surface area contributed by atoms with E-state index in [4.69, 9.17) is 21.4 Å². The number of likely N-dealkylation sites (tertiary alicyclic amines) is 1. The molecule has 0 radical (unpaired) electrons. The highest BCUT2D eigenvalue weighted by Gasteiger charge is 2.70. The molecule has 0 spiro atoms. The van der Waals surface area contributed by atoms with Crippen molar-refractivity contribution in [1.82, 2.24) is 9.91 Å². The summed E-state index contributed by atoms with van der Waals surface area (Å²) in [6.45, 7) is -0.0392. The van der Waals surface area contributed by atoms with Crippen molar-refractivity contribution in [2.24, 2.45) is 23.7 Å². The number of nitrogens with one attached hydrogen (secondary N) is 1. The molecule has 4 amide bonds. The van der Waals surface area contributed by atoms with Gasteiger partial charge in [0.15, 0.2) is 11.5 Å². The van der Waals surface area contributed by atoms with E-state index in [0.29, 0.717) is 27.4 Å². The van der Waals surface area contributed by atoms with E-state index in [1.807, 2.05) is 6.08 Å². The maximum atomic E-state index is 15.1. The number of aromatic hydroxyl groups is 1. The molecule has 0 unspecified atom stereocenters. The van der Waals surface area contributed by atoms with Crippen LogP contribution in [0.4, 0.5) is 10.1 Å². The lowest BCUT2D eigenvalue weighted by Gasteiger charge is -2.50. The summed E-state index contributed by atoms with van der Waals surface area (Å²) >= 11 is 6.32. The maximum absolute atomic E-state index is 15.1. The van der Waals surface area contributed by atoms with Crippen LogP contribution in [0.3, 0.4) is 0 Å². The third-order valence-corrected chi connectivity index (χ3v) is 10.9. The summed E-state index contributed by atoms with van der Waals surface area (Å²) < 4.78 is 19.3. The molecule has 2 heterocycles. The van der Waals surface area contributed by atoms with Gasteiger partial charge in [0.2, 0.25) is 11.8 Å². The van der Waals surface area contributed by atoms with E-state index < -0.39 is 64.5 Å². The molecule has 3 aromatic carbocycles. The molecule has 50 heavy (non-hydrogen) atoms. The normalized spacial score (nSPS) is 27.1. The van der Waals surface area contributed by atoms with Gasteiger partial charge in [0.25, 0.3) is 11.8 Å². The van der Waals surface area contributed by atoms with E-state index in [1.54, 1.807) is 36.4 Å². The first-order chi connectivity index (χ1) is 24.0. The molecule has 7 rings (SSSR count). The first-order valence-electron chi connectivity index (χ1n) is 16.3. The zero-order valence-corrected chi connectivity index (χ0v) is 27.6. The summed E-state index contributed by atoms with van der Waals surface area (Å²) in [7, 11) is 1.39. The van der Waals surface area contributed by atoms with Crippen molar-refractivity contribution in [1.29, 1.82) is 0 Å². The van der Waals surface area contributed by atoms with Crippen molar-refractivity contribution in [3.05, 3.63) is 100 Å². The molecule has 3 fully saturated rings. The van der Waals surface area contributed by atoms with Gasteiger partial charge in [-0.15, -0.1) is 0 Å². The van der Waals surface area contributed by atoms with Crippen LogP contribution in [0, 0.1) is 29.5 Å². The molecule has 2 saturated heterocycles. The van der Waals surface area contributed by atoms with Gasteiger partial charge in [-0.1, -0.05) is 41.4 Å². The number of methoxy groups -OCH3 is 1. The van der Waals surface area contributed by atoms with Crippen LogP contribution < -0.4 is 10.2 Å². The van der Waals surface area contributed by atoms with E-state index >= 15 is 4.79 Å². The van der Waals surface area contributed by atoms with Gasteiger partial charge in [-0.05, 0) is 84.8 Å². The fourth-order valence-corrected chi connectivity index (χ4v) is 8.70. The number of phenols is 1. The van der Waals surface area contributed by atoms with Gasteiger partial charge < -0.3 is 14.9 Å². The lowest BCUT2D eigenvalue weighted by molar-refractivity contribution is -0.142. The molecular weight excluding hydrogens is 669 g/mol. The Hall–Kier alpha value is -5.23. The lowest BCUT2D eigenvalue weighted by atomic mass is 9.49. The third kappa shape index (κ3) is 5.12. The summed E-state index contributed by atoms with van der Waals surface area (Å²) in [5, 5.41) is 21.1. The van der Waals surface area contributed by atoms with Crippen LogP contribution in [0.15, 0.2) is 78.4 Å². The highest BCUT2D eigenvalue weighted by atomic mass is 35.5. The first-order valence-corrected chi connectivity index (χ1v) is 16.7. The van der Waals surface area contributed by atoms with Crippen LogP contribution in [0.25, 0.3) is 0 Å². The Morgan fingerprint density at radius 3 is 2.40 bits per heavy atom. The number of aliphatic carboxylic acids is 1. The second kappa shape index (κ2) is 12.6. The number of fused-ring (bicyclic) bond motifs is 4. The average molecular weight is 702 g/mol. The quantitative estimate of drug-likeness (QED) is 0.206. The van der Waals surface area contributed by atoms with Crippen LogP contribution in [0.5, 0.6) is 11.5 Å². The largest absolute Gasteiger partial charge is 0.504 e. The zero-order valence-electron chi connectivity index (χ0n) is 26.8. The van der Waals surface area contributed by atoms with Crippen LogP contribution in [-0.2, 0) is 29.4 Å². The Balaban J connectivity index is 1.41. The number of carbonyl (C=O) groups excluding carboxylic acids is 4. The molecule has 1 saturated carbocycles. The number of carboxylic acids is 1. The molecule has 4 aliphatic rings. The minimum Gasteiger partial charge on any atom is -0.504 e. The van der Waals surface area contributed by atoms with Gasteiger partial charge in [-0.3, -0.25) is 34.3 Å². The number of nitrogens with zero attached hydrogens (tertiary/aromatic N) is 2. The van der Waals surface area contributed by atoms with Crippen molar-refractivity contribution in [2.45, 2.75) is 37.0 Å². The number of anilines is 1. The summed E-state index contributed by atoms with van der Waals surface area (Å²) in [6.07, 6.45) is 2.04. The molecule has 2 aliphatic carbocycles. The Morgan fingerprint density at radius 2 is 1.72 bits per heavy atom.